The molecule has 82 valence electrons. The van der Waals surface area contributed by atoms with Crippen LogP contribution in [0.3, 0.4) is 0 Å². The lowest BCUT2D eigenvalue weighted by atomic mass is 10.2. The molecule has 0 aliphatic rings. The predicted octanol–water partition coefficient (Wildman–Crippen LogP) is 2.28. The highest BCUT2D eigenvalue weighted by atomic mass is 79.9. The van der Waals surface area contributed by atoms with Crippen molar-refractivity contribution >= 4 is 33.7 Å². The molecule has 2 aromatic rings. The summed E-state index contributed by atoms with van der Waals surface area (Å²) in [5, 5.41) is 21.4. The Morgan fingerprint density at radius 1 is 1.38 bits per heavy atom. The summed E-state index contributed by atoms with van der Waals surface area (Å²) in [6.07, 6.45) is 4.34. The van der Waals surface area contributed by atoms with Crippen LogP contribution in [0.5, 0.6) is 5.75 Å². The normalized spacial score (nSPS) is 11.1. The summed E-state index contributed by atoms with van der Waals surface area (Å²) in [7, 11) is 0. The van der Waals surface area contributed by atoms with Gasteiger partial charge in [-0.15, -0.1) is 10.2 Å². The van der Waals surface area contributed by atoms with Gasteiger partial charge in [0.2, 0.25) is 0 Å². The average Bonchev–Trinajstić information content (AvgIpc) is 2.74. The Labute approximate surface area is 105 Å². The van der Waals surface area contributed by atoms with Crippen molar-refractivity contribution in [3.63, 3.8) is 0 Å². The van der Waals surface area contributed by atoms with E-state index in [0.717, 1.165) is 0 Å². The number of phenolic OH excluding ortho intramolecular Hbond substituents is 1. The maximum Gasteiger partial charge on any atom is 0.141 e. The molecular formula is C9H6BrClN4O. The van der Waals surface area contributed by atoms with E-state index in [9.17, 15) is 5.11 Å². The van der Waals surface area contributed by atoms with Gasteiger partial charge in [-0.1, -0.05) is 11.6 Å². The van der Waals surface area contributed by atoms with Gasteiger partial charge in [-0.05, 0) is 28.1 Å². The van der Waals surface area contributed by atoms with Crippen molar-refractivity contribution in [3.8, 4) is 5.75 Å². The fourth-order valence-electron chi connectivity index (χ4n) is 1.07. The van der Waals surface area contributed by atoms with Crippen LogP contribution >= 0.6 is 27.5 Å². The molecule has 2 rings (SSSR count). The van der Waals surface area contributed by atoms with Gasteiger partial charge in [-0.2, -0.15) is 5.10 Å². The molecule has 16 heavy (non-hydrogen) atoms. The van der Waals surface area contributed by atoms with Crippen LogP contribution in [0.2, 0.25) is 5.02 Å². The summed E-state index contributed by atoms with van der Waals surface area (Å²) in [4.78, 5) is 0. The first-order valence-corrected chi connectivity index (χ1v) is 5.41. The van der Waals surface area contributed by atoms with Crippen LogP contribution in [-0.2, 0) is 0 Å². The van der Waals surface area contributed by atoms with Gasteiger partial charge in [-0.25, -0.2) is 4.68 Å². The fourth-order valence-corrected chi connectivity index (χ4v) is 1.90. The number of nitrogens with zero attached hydrogens (tertiary/aromatic N) is 4. The van der Waals surface area contributed by atoms with Crippen molar-refractivity contribution in [1.82, 2.24) is 14.9 Å². The minimum Gasteiger partial charge on any atom is -0.506 e. The molecule has 0 fully saturated rings. The lowest BCUT2D eigenvalue weighted by Crippen LogP contribution is -1.89. The highest BCUT2D eigenvalue weighted by Crippen LogP contribution is 2.30. The Morgan fingerprint density at radius 3 is 2.75 bits per heavy atom. The number of rotatable bonds is 2. The number of aromatic nitrogens is 3. The molecule has 0 bridgehead atoms. The van der Waals surface area contributed by atoms with Gasteiger partial charge in [0.15, 0.2) is 0 Å². The molecule has 0 unspecified atom stereocenters. The van der Waals surface area contributed by atoms with E-state index in [2.05, 4.69) is 31.2 Å². The smallest absolute Gasteiger partial charge is 0.141 e. The summed E-state index contributed by atoms with van der Waals surface area (Å²) in [6, 6.07) is 3.21. The molecule has 1 aromatic carbocycles. The third kappa shape index (κ3) is 2.40. The molecule has 0 saturated heterocycles. The van der Waals surface area contributed by atoms with E-state index in [0.29, 0.717) is 15.1 Å². The maximum absolute atomic E-state index is 9.71. The van der Waals surface area contributed by atoms with Gasteiger partial charge in [0.25, 0.3) is 0 Å². The van der Waals surface area contributed by atoms with Crippen molar-refractivity contribution in [2.75, 3.05) is 0 Å². The molecular weight excluding hydrogens is 295 g/mol. The number of aromatic hydroxyl groups is 1. The molecule has 1 N–H and O–H groups in total. The molecule has 0 aliphatic heterocycles. The zero-order valence-corrected chi connectivity index (χ0v) is 10.2. The molecule has 0 spiro atoms. The van der Waals surface area contributed by atoms with E-state index in [1.54, 1.807) is 12.1 Å². The Bertz CT molecular complexity index is 527. The number of hydrogen-bond acceptors (Lipinski definition) is 4. The lowest BCUT2D eigenvalue weighted by Gasteiger charge is -2.02. The summed E-state index contributed by atoms with van der Waals surface area (Å²) in [6.45, 7) is 0. The van der Waals surface area contributed by atoms with Gasteiger partial charge in [0.1, 0.15) is 18.4 Å². The van der Waals surface area contributed by atoms with Gasteiger partial charge in [0.05, 0.1) is 10.7 Å². The molecule has 0 amide bonds. The number of phenols is 1. The summed E-state index contributed by atoms with van der Waals surface area (Å²) in [5.41, 5.74) is 0.507. The lowest BCUT2D eigenvalue weighted by molar-refractivity contribution is 0.471. The third-order valence-electron chi connectivity index (χ3n) is 1.79. The summed E-state index contributed by atoms with van der Waals surface area (Å²) in [5.74, 6) is 0.0845. The Hall–Kier alpha value is -1.40. The second-order valence-electron chi connectivity index (χ2n) is 2.91. The van der Waals surface area contributed by atoms with Crippen molar-refractivity contribution in [3.05, 3.63) is 39.8 Å². The van der Waals surface area contributed by atoms with Crippen LogP contribution in [0, 0.1) is 0 Å². The number of benzene rings is 1. The monoisotopic (exact) mass is 300 g/mol. The van der Waals surface area contributed by atoms with Gasteiger partial charge < -0.3 is 5.11 Å². The van der Waals surface area contributed by atoms with E-state index in [-0.39, 0.29) is 5.75 Å². The largest absolute Gasteiger partial charge is 0.506 e. The minimum atomic E-state index is 0.0845. The topological polar surface area (TPSA) is 63.3 Å². The second-order valence-corrected chi connectivity index (χ2v) is 4.20. The predicted molar refractivity (Wildman–Crippen MR) is 63.8 cm³/mol. The highest BCUT2D eigenvalue weighted by Gasteiger charge is 2.05. The van der Waals surface area contributed by atoms with E-state index in [1.165, 1.54) is 23.5 Å². The minimum absolute atomic E-state index is 0.0845. The Balaban J connectivity index is 2.34. The maximum atomic E-state index is 9.71. The second kappa shape index (κ2) is 4.63. The van der Waals surface area contributed by atoms with Crippen LogP contribution in [0.15, 0.2) is 34.4 Å². The SMILES string of the molecule is Oc1c(Br)cc(Cl)cc1/C=N/n1cnnc1. The molecule has 0 aliphatic carbocycles. The van der Waals surface area contributed by atoms with E-state index in [1.807, 2.05) is 0 Å². The first kappa shape index (κ1) is 11.1. The van der Waals surface area contributed by atoms with Gasteiger partial charge >= 0.3 is 0 Å². The number of hydrogen-bond donors (Lipinski definition) is 1. The molecule has 0 radical (unpaired) electrons. The zero-order chi connectivity index (χ0) is 11.5. The van der Waals surface area contributed by atoms with Crippen LogP contribution < -0.4 is 0 Å². The van der Waals surface area contributed by atoms with Gasteiger partial charge in [-0.3, -0.25) is 0 Å². The average molecular weight is 302 g/mol. The van der Waals surface area contributed by atoms with Crippen molar-refractivity contribution < 1.29 is 5.11 Å². The molecule has 5 nitrogen and oxygen atoms in total. The van der Waals surface area contributed by atoms with E-state index >= 15 is 0 Å². The number of halogens is 2. The quantitative estimate of drug-likeness (QED) is 0.866. The van der Waals surface area contributed by atoms with Crippen LogP contribution in [-0.4, -0.2) is 26.2 Å². The Morgan fingerprint density at radius 2 is 2.06 bits per heavy atom. The van der Waals surface area contributed by atoms with Crippen LogP contribution in [0.4, 0.5) is 0 Å². The van der Waals surface area contributed by atoms with Crippen molar-refractivity contribution in [2.45, 2.75) is 0 Å². The standard InChI is InChI=1S/C9H6BrClN4O/c10-8-2-7(11)1-6(9(8)16)3-14-15-4-12-13-5-15/h1-5,16H/b14-3+. The molecule has 0 saturated carbocycles. The Kier molecular flexibility index (Phi) is 3.21. The summed E-state index contributed by atoms with van der Waals surface area (Å²) >= 11 is 9.04. The van der Waals surface area contributed by atoms with Crippen LogP contribution in [0.1, 0.15) is 5.56 Å². The first-order chi connectivity index (χ1) is 7.66. The molecule has 7 heteroatoms. The fraction of sp³-hybridized carbons (Fsp3) is 0. The van der Waals surface area contributed by atoms with Crippen molar-refractivity contribution in [1.29, 1.82) is 0 Å². The first-order valence-electron chi connectivity index (χ1n) is 4.24. The zero-order valence-electron chi connectivity index (χ0n) is 7.88. The van der Waals surface area contributed by atoms with E-state index in [4.69, 9.17) is 11.6 Å². The highest BCUT2D eigenvalue weighted by molar-refractivity contribution is 9.10. The molecule has 1 aromatic heterocycles. The molecule has 0 atom stereocenters. The van der Waals surface area contributed by atoms with Crippen molar-refractivity contribution in [2.24, 2.45) is 5.10 Å². The third-order valence-corrected chi connectivity index (χ3v) is 2.62. The van der Waals surface area contributed by atoms with Gasteiger partial charge in [0, 0.05) is 10.6 Å². The van der Waals surface area contributed by atoms with Crippen LogP contribution in [0.25, 0.3) is 0 Å². The summed E-state index contributed by atoms with van der Waals surface area (Å²) < 4.78 is 1.93. The molecule has 1 heterocycles. The van der Waals surface area contributed by atoms with E-state index < -0.39 is 0 Å².